The monoisotopic (exact) mass is 468 g/mol. The molecule has 11 heteroatoms. The van der Waals surface area contributed by atoms with Gasteiger partial charge in [-0.15, -0.1) is 11.3 Å². The first-order valence-corrected chi connectivity index (χ1v) is 12.3. The van der Waals surface area contributed by atoms with Gasteiger partial charge in [-0.25, -0.2) is 13.4 Å². The number of alkyl halides is 2. The molecule has 1 unspecified atom stereocenters. The van der Waals surface area contributed by atoms with Crippen LogP contribution in [0.15, 0.2) is 40.6 Å². The van der Waals surface area contributed by atoms with Crippen LogP contribution in [0, 0.1) is 0 Å². The fraction of sp³-hybridized carbons (Fsp3) is 0.400. The smallest absolute Gasteiger partial charge is 0.320 e. The summed E-state index contributed by atoms with van der Waals surface area (Å²) in [6.45, 7) is -0.439. The Balaban J connectivity index is 1.61. The first kappa shape index (κ1) is 21.8. The van der Waals surface area contributed by atoms with Crippen LogP contribution in [-0.2, 0) is 10.0 Å². The summed E-state index contributed by atoms with van der Waals surface area (Å²) in [5, 5.41) is 4.19. The molecule has 2 aromatic heterocycles. The minimum absolute atomic E-state index is 0.00143. The molecule has 1 fully saturated rings. The average molecular weight is 469 g/mol. The molecule has 1 N–H and O–H groups in total. The number of sulfonamides is 1. The number of amides is 1. The van der Waals surface area contributed by atoms with E-state index in [-0.39, 0.29) is 21.1 Å². The summed E-state index contributed by atoms with van der Waals surface area (Å²) in [6, 6.07) is 7.05. The molecule has 0 aliphatic carbocycles. The maximum Gasteiger partial charge on any atom is 0.320 e. The standard InChI is InChI=1S/C20H22F2N4O3S2/c1-13(18-24-14-7-3-4-8-15(14)26(18)20(21)22)23-19(27)17-16(9-12-30-17)31(28,29)25-10-5-2-6-11-25/h3-4,7-9,12-13,20H,2,5-6,10-11H2,1H3,(H,23,27). The highest BCUT2D eigenvalue weighted by atomic mass is 32.2. The SMILES string of the molecule is CC(NC(=O)c1sccc1S(=O)(=O)N1CCCCC1)c1nc2ccccc2n1C(F)F. The van der Waals surface area contributed by atoms with Crippen molar-refractivity contribution in [3.8, 4) is 0 Å². The van der Waals surface area contributed by atoms with Crippen molar-refractivity contribution < 1.29 is 22.0 Å². The molecular weight excluding hydrogens is 446 g/mol. The van der Waals surface area contributed by atoms with Gasteiger partial charge in [-0.1, -0.05) is 18.6 Å². The van der Waals surface area contributed by atoms with Gasteiger partial charge >= 0.3 is 6.55 Å². The summed E-state index contributed by atoms with van der Waals surface area (Å²) in [6.07, 6.45) is 2.54. The van der Waals surface area contributed by atoms with Gasteiger partial charge in [0.1, 0.15) is 15.6 Å². The molecule has 1 aliphatic rings. The van der Waals surface area contributed by atoms with E-state index in [4.69, 9.17) is 0 Å². The van der Waals surface area contributed by atoms with Gasteiger partial charge in [-0.2, -0.15) is 13.1 Å². The summed E-state index contributed by atoms with van der Waals surface area (Å²) < 4.78 is 55.7. The number of rotatable bonds is 6. The average Bonchev–Trinajstić information content (AvgIpc) is 3.40. The number of nitrogens with zero attached hydrogens (tertiary/aromatic N) is 3. The number of imidazole rings is 1. The maximum atomic E-state index is 13.7. The summed E-state index contributed by atoms with van der Waals surface area (Å²) in [7, 11) is -3.79. The van der Waals surface area contributed by atoms with Crippen LogP contribution in [0.4, 0.5) is 8.78 Å². The van der Waals surface area contributed by atoms with Gasteiger partial charge < -0.3 is 5.32 Å². The highest BCUT2D eigenvalue weighted by Gasteiger charge is 2.32. The van der Waals surface area contributed by atoms with Gasteiger partial charge in [0.15, 0.2) is 0 Å². The lowest BCUT2D eigenvalue weighted by Crippen LogP contribution is -2.37. The Labute approximate surface area is 182 Å². The molecule has 1 aliphatic heterocycles. The number of aromatic nitrogens is 2. The van der Waals surface area contributed by atoms with Crippen LogP contribution >= 0.6 is 11.3 Å². The van der Waals surface area contributed by atoms with Crippen molar-refractivity contribution in [3.05, 3.63) is 46.4 Å². The molecule has 166 valence electrons. The van der Waals surface area contributed by atoms with Crippen LogP contribution < -0.4 is 5.32 Å². The largest absolute Gasteiger partial charge is 0.342 e. The number of halogens is 2. The lowest BCUT2D eigenvalue weighted by atomic mass is 10.2. The number of para-hydroxylation sites is 2. The third-order valence-electron chi connectivity index (χ3n) is 5.32. The van der Waals surface area contributed by atoms with Crippen molar-refractivity contribution in [2.45, 2.75) is 43.7 Å². The molecule has 3 heterocycles. The van der Waals surface area contributed by atoms with Crippen LogP contribution in [0.1, 0.15) is 54.3 Å². The van der Waals surface area contributed by atoms with Crippen molar-refractivity contribution in [1.82, 2.24) is 19.2 Å². The predicted octanol–water partition coefficient (Wildman–Crippen LogP) is 4.16. The molecule has 4 rings (SSSR count). The van der Waals surface area contributed by atoms with E-state index in [1.54, 1.807) is 30.5 Å². The van der Waals surface area contributed by atoms with Gasteiger partial charge in [0.25, 0.3) is 5.91 Å². The zero-order chi connectivity index (χ0) is 22.2. The third kappa shape index (κ3) is 4.09. The van der Waals surface area contributed by atoms with Crippen molar-refractivity contribution in [2.24, 2.45) is 0 Å². The van der Waals surface area contributed by atoms with E-state index >= 15 is 0 Å². The molecule has 1 amide bonds. The number of fused-ring (bicyclic) bond motifs is 1. The van der Waals surface area contributed by atoms with E-state index in [2.05, 4.69) is 10.3 Å². The van der Waals surface area contributed by atoms with Crippen LogP contribution in [-0.4, -0.2) is 41.3 Å². The molecule has 31 heavy (non-hydrogen) atoms. The molecule has 0 spiro atoms. The van der Waals surface area contributed by atoms with Crippen LogP contribution in [0.25, 0.3) is 11.0 Å². The first-order chi connectivity index (χ1) is 14.8. The fourth-order valence-corrected chi connectivity index (χ4v) is 6.63. The van der Waals surface area contributed by atoms with E-state index in [1.807, 2.05) is 0 Å². The molecule has 1 saturated heterocycles. The zero-order valence-electron chi connectivity index (χ0n) is 16.8. The predicted molar refractivity (Wildman–Crippen MR) is 114 cm³/mol. The Morgan fingerprint density at radius 3 is 2.58 bits per heavy atom. The van der Waals surface area contributed by atoms with E-state index in [0.717, 1.165) is 35.2 Å². The summed E-state index contributed by atoms with van der Waals surface area (Å²) in [5.41, 5.74) is 0.654. The Kier molecular flexibility index (Phi) is 6.09. The lowest BCUT2D eigenvalue weighted by Gasteiger charge is -2.26. The summed E-state index contributed by atoms with van der Waals surface area (Å²) in [4.78, 5) is 17.2. The molecule has 1 aromatic carbocycles. The third-order valence-corrected chi connectivity index (χ3v) is 8.30. The van der Waals surface area contributed by atoms with Crippen LogP contribution in [0.3, 0.4) is 0 Å². The second-order valence-electron chi connectivity index (χ2n) is 7.38. The summed E-state index contributed by atoms with van der Waals surface area (Å²) >= 11 is 1.01. The normalized spacial score (nSPS) is 16.6. The molecule has 0 saturated carbocycles. The van der Waals surface area contributed by atoms with E-state index in [9.17, 15) is 22.0 Å². The Hall–Kier alpha value is -2.37. The van der Waals surface area contributed by atoms with Gasteiger partial charge in [0.05, 0.1) is 17.1 Å². The van der Waals surface area contributed by atoms with E-state index in [0.29, 0.717) is 18.6 Å². The van der Waals surface area contributed by atoms with Crippen LogP contribution in [0.2, 0.25) is 0 Å². The Morgan fingerprint density at radius 2 is 1.87 bits per heavy atom. The summed E-state index contributed by atoms with van der Waals surface area (Å²) in [5.74, 6) is -0.632. The number of piperidine rings is 1. The Bertz CT molecular complexity index is 1200. The quantitative estimate of drug-likeness (QED) is 0.589. The molecular formula is C20H22F2N4O3S2. The second-order valence-corrected chi connectivity index (χ2v) is 10.2. The second kappa shape index (κ2) is 8.64. The highest BCUT2D eigenvalue weighted by Crippen LogP contribution is 2.29. The molecule has 7 nitrogen and oxygen atoms in total. The zero-order valence-corrected chi connectivity index (χ0v) is 18.4. The number of carbonyl (C=O) groups excluding carboxylic acids is 1. The van der Waals surface area contributed by atoms with Crippen LogP contribution in [0.5, 0.6) is 0 Å². The minimum Gasteiger partial charge on any atom is -0.342 e. The molecule has 1 atom stereocenters. The van der Waals surface area contributed by atoms with Crippen molar-refractivity contribution >= 4 is 38.3 Å². The highest BCUT2D eigenvalue weighted by molar-refractivity contribution is 7.89. The van der Waals surface area contributed by atoms with Crippen molar-refractivity contribution in [3.63, 3.8) is 0 Å². The van der Waals surface area contributed by atoms with Gasteiger partial charge in [-0.3, -0.25) is 9.36 Å². The van der Waals surface area contributed by atoms with Gasteiger partial charge in [0, 0.05) is 13.1 Å². The topological polar surface area (TPSA) is 84.3 Å². The first-order valence-electron chi connectivity index (χ1n) is 9.94. The van der Waals surface area contributed by atoms with Crippen molar-refractivity contribution in [2.75, 3.05) is 13.1 Å². The number of hydrogen-bond acceptors (Lipinski definition) is 5. The van der Waals surface area contributed by atoms with E-state index < -0.39 is 28.5 Å². The van der Waals surface area contributed by atoms with E-state index in [1.165, 1.54) is 16.4 Å². The molecule has 0 bridgehead atoms. The maximum absolute atomic E-state index is 13.7. The molecule has 3 aromatic rings. The lowest BCUT2D eigenvalue weighted by molar-refractivity contribution is 0.0688. The van der Waals surface area contributed by atoms with Gasteiger partial charge in [-0.05, 0) is 43.3 Å². The number of benzene rings is 1. The fourth-order valence-electron chi connectivity index (χ4n) is 3.81. The minimum atomic E-state index is -3.79. The number of nitrogens with one attached hydrogen (secondary N) is 1. The van der Waals surface area contributed by atoms with Crippen molar-refractivity contribution in [1.29, 1.82) is 0 Å². The number of hydrogen-bond donors (Lipinski definition) is 1. The van der Waals surface area contributed by atoms with Gasteiger partial charge in [0.2, 0.25) is 10.0 Å². The molecule has 0 radical (unpaired) electrons. The number of carbonyl (C=O) groups is 1. The Morgan fingerprint density at radius 1 is 1.16 bits per heavy atom. The number of thiophene rings is 1.